The van der Waals surface area contributed by atoms with Gasteiger partial charge in [-0.15, -0.1) is 5.73 Å². The number of aliphatic hydroxyl groups excluding tert-OH is 2. The number of carbonyl (C=O) groups excluding carboxylic acids is 4. The Morgan fingerprint density at radius 2 is 1.73 bits per heavy atom. The number of amides is 4. The predicted molar refractivity (Wildman–Crippen MR) is 166 cm³/mol. The summed E-state index contributed by atoms with van der Waals surface area (Å²) >= 11 is 0. The van der Waals surface area contributed by atoms with E-state index in [4.69, 9.17) is 5.73 Å². The van der Waals surface area contributed by atoms with E-state index in [0.717, 1.165) is 30.4 Å². The van der Waals surface area contributed by atoms with E-state index in [2.05, 4.69) is 27.0 Å². The van der Waals surface area contributed by atoms with E-state index < -0.39 is 54.2 Å². The Hall–Kier alpha value is -3.54. The highest BCUT2D eigenvalue weighted by atomic mass is 16.3. The van der Waals surface area contributed by atoms with Gasteiger partial charge in [0.1, 0.15) is 18.5 Å². The van der Waals surface area contributed by atoms with Crippen LogP contribution in [0.15, 0.2) is 41.6 Å². The Kier molecular flexibility index (Phi) is 9.81. The van der Waals surface area contributed by atoms with Gasteiger partial charge in [-0.2, -0.15) is 0 Å². The summed E-state index contributed by atoms with van der Waals surface area (Å²) in [6.07, 6.45) is 4.05. The van der Waals surface area contributed by atoms with Crippen LogP contribution in [0.5, 0.6) is 0 Å². The fourth-order valence-corrected chi connectivity index (χ4v) is 6.94. The number of benzene rings is 1. The van der Waals surface area contributed by atoms with Crippen LogP contribution in [-0.4, -0.2) is 88.0 Å². The molecule has 2 fully saturated rings. The molecular weight excluding hydrogens is 576 g/mol. The monoisotopic (exact) mass is 622 g/mol. The molecule has 45 heavy (non-hydrogen) atoms. The average molecular weight is 623 g/mol. The second-order valence-electron chi connectivity index (χ2n) is 13.9. The summed E-state index contributed by atoms with van der Waals surface area (Å²) in [6, 6.07) is 4.67. The first kappa shape index (κ1) is 32.8. The number of aliphatic hydroxyl groups is 2. The minimum absolute atomic E-state index is 0.0549. The highest BCUT2D eigenvalue weighted by molar-refractivity contribution is 6.37. The van der Waals surface area contributed by atoms with Gasteiger partial charge in [0.05, 0.1) is 18.6 Å². The molecule has 12 heteroatoms. The second kappa shape index (κ2) is 13.4. The molecule has 0 bridgehead atoms. The Bertz CT molecular complexity index is 1350. The summed E-state index contributed by atoms with van der Waals surface area (Å²) in [5, 5.41) is 33.7. The minimum atomic E-state index is -1.27. The number of hydrogen-bond acceptors (Lipinski definition) is 8. The van der Waals surface area contributed by atoms with Crippen LogP contribution in [0.3, 0.4) is 0 Å². The topological polar surface area (TPSA) is 186 Å². The summed E-state index contributed by atoms with van der Waals surface area (Å²) in [4.78, 5) is 53.1. The largest absolute Gasteiger partial charge is 0.377 e. The molecule has 4 amide bonds. The molecule has 0 aromatic heterocycles. The number of ketones is 1. The van der Waals surface area contributed by atoms with Gasteiger partial charge in [-0.05, 0) is 69.1 Å². The summed E-state index contributed by atoms with van der Waals surface area (Å²) in [6.45, 7) is 5.98. The normalized spacial score (nSPS) is 23.8. The van der Waals surface area contributed by atoms with E-state index in [9.17, 15) is 29.4 Å². The fraction of sp³-hybridized carbons (Fsp3) is 0.606. The maximum atomic E-state index is 13.8. The first-order valence-electron chi connectivity index (χ1n) is 15.9. The molecule has 1 aromatic rings. The van der Waals surface area contributed by atoms with Gasteiger partial charge >= 0.3 is 6.03 Å². The third-order valence-corrected chi connectivity index (χ3v) is 9.41. The maximum absolute atomic E-state index is 13.8. The summed E-state index contributed by atoms with van der Waals surface area (Å²) < 4.78 is 0. The van der Waals surface area contributed by atoms with Crippen molar-refractivity contribution in [2.24, 2.45) is 23.5 Å². The van der Waals surface area contributed by atoms with Crippen molar-refractivity contribution in [1.82, 2.24) is 26.2 Å². The number of Topliss-reactive ketones (excluding diaryl/α,β-unsaturated/α-hetero) is 1. The molecule has 3 aliphatic carbocycles. The van der Waals surface area contributed by atoms with Crippen LogP contribution in [0.1, 0.15) is 57.6 Å². The standard InChI is InChI=1S/C33H46N6O6/c1-33(2,3)38-25(40)16-35-32(45)37-26(22-14-19-9-4-5-10-20(19)15-22)31(44)39-17-21-11-12-23(21)27(39)30(43)36-24(28(41)29(34)42)13-18-7-6-8-18/h4-5,9-11,18,21-22,24-27,31,38,40,44H,6-8,13-17H2,1-3H3,(H2,34,42)(H,36,43)(H2,35,37,45)/t21-,24?,25?,26-,27-,31?/m0/s1. The number of nitrogens with two attached hydrogens (primary N) is 1. The molecule has 1 saturated heterocycles. The molecule has 1 heterocycles. The third kappa shape index (κ3) is 7.65. The highest BCUT2D eigenvalue weighted by Gasteiger charge is 2.49. The van der Waals surface area contributed by atoms with E-state index in [1.165, 1.54) is 0 Å². The molecule has 1 aromatic carbocycles. The number of likely N-dealkylation sites (tertiary alicyclic amines) is 1. The molecule has 8 N–H and O–H groups in total. The quantitative estimate of drug-likeness (QED) is 0.0925. The zero-order valence-corrected chi connectivity index (χ0v) is 26.2. The zero-order chi connectivity index (χ0) is 32.5. The van der Waals surface area contributed by atoms with Crippen LogP contribution in [0, 0.1) is 17.8 Å². The van der Waals surface area contributed by atoms with Crippen molar-refractivity contribution in [3.8, 4) is 0 Å². The van der Waals surface area contributed by atoms with Gasteiger partial charge < -0.3 is 31.9 Å². The number of carbonyl (C=O) groups is 4. The zero-order valence-electron chi connectivity index (χ0n) is 26.2. The van der Waals surface area contributed by atoms with Crippen molar-refractivity contribution in [3.63, 3.8) is 0 Å². The SMILES string of the molecule is CC(C)(C)NC(O)CNC(=O)N[C@@H](C1Cc2ccccc2C1)C(O)N1C[C@@H]2C=C=C2[C@H]1C(=O)NC(CC1CCC1)C(=O)C(N)=O. The van der Waals surface area contributed by atoms with Crippen LogP contribution in [-0.2, 0) is 27.2 Å². The minimum Gasteiger partial charge on any atom is -0.377 e. The molecule has 1 saturated carbocycles. The average Bonchev–Trinajstić information content (AvgIpc) is 3.48. The van der Waals surface area contributed by atoms with E-state index in [-0.39, 0.29) is 29.8 Å². The molecule has 244 valence electrons. The highest BCUT2D eigenvalue weighted by Crippen LogP contribution is 2.39. The molecule has 12 nitrogen and oxygen atoms in total. The smallest absolute Gasteiger partial charge is 0.315 e. The van der Waals surface area contributed by atoms with Gasteiger partial charge in [0, 0.05) is 23.6 Å². The van der Waals surface area contributed by atoms with Crippen molar-refractivity contribution in [2.45, 2.75) is 95.4 Å². The van der Waals surface area contributed by atoms with E-state index in [0.29, 0.717) is 31.4 Å². The van der Waals surface area contributed by atoms with Gasteiger partial charge in [0.2, 0.25) is 11.7 Å². The van der Waals surface area contributed by atoms with Crippen molar-refractivity contribution in [1.29, 1.82) is 0 Å². The lowest BCUT2D eigenvalue weighted by molar-refractivity contribution is -0.140. The van der Waals surface area contributed by atoms with Crippen LogP contribution in [0.25, 0.3) is 0 Å². The lowest BCUT2D eigenvalue weighted by Gasteiger charge is -2.37. The maximum Gasteiger partial charge on any atom is 0.315 e. The molecule has 3 unspecified atom stereocenters. The van der Waals surface area contributed by atoms with Gasteiger partial charge in [-0.3, -0.25) is 24.6 Å². The summed E-state index contributed by atoms with van der Waals surface area (Å²) in [7, 11) is 0. The predicted octanol–water partition coefficient (Wildman–Crippen LogP) is 0.219. The summed E-state index contributed by atoms with van der Waals surface area (Å²) in [5.74, 6) is -2.50. The number of hydrogen-bond donors (Lipinski definition) is 7. The molecule has 1 aliphatic heterocycles. The second-order valence-corrected chi connectivity index (χ2v) is 13.9. The molecular formula is C33H46N6O6. The van der Waals surface area contributed by atoms with Crippen molar-refractivity contribution in [2.75, 3.05) is 13.1 Å². The number of urea groups is 1. The number of fused-ring (bicyclic) bond motifs is 2. The van der Waals surface area contributed by atoms with E-state index in [1.54, 1.807) is 4.90 Å². The van der Waals surface area contributed by atoms with Crippen LogP contribution in [0.4, 0.5) is 4.79 Å². The molecule has 6 atom stereocenters. The van der Waals surface area contributed by atoms with E-state index >= 15 is 0 Å². The first-order chi connectivity index (χ1) is 21.3. The fourth-order valence-electron chi connectivity index (χ4n) is 6.94. The number of rotatable bonds is 13. The van der Waals surface area contributed by atoms with Crippen molar-refractivity contribution in [3.05, 3.63) is 52.8 Å². The lowest BCUT2D eigenvalue weighted by Crippen LogP contribution is -2.61. The summed E-state index contributed by atoms with van der Waals surface area (Å²) in [5.41, 5.74) is 11.0. The van der Waals surface area contributed by atoms with Crippen LogP contribution >= 0.6 is 0 Å². The Morgan fingerprint density at radius 1 is 1.07 bits per heavy atom. The van der Waals surface area contributed by atoms with Gasteiger partial charge in [-0.25, -0.2) is 4.79 Å². The van der Waals surface area contributed by atoms with Gasteiger partial charge in [0.25, 0.3) is 5.91 Å². The van der Waals surface area contributed by atoms with Crippen LogP contribution in [0.2, 0.25) is 0 Å². The van der Waals surface area contributed by atoms with Gasteiger partial charge in [0.15, 0.2) is 0 Å². The number of nitrogens with zero attached hydrogens (tertiary/aromatic N) is 1. The Morgan fingerprint density at radius 3 is 2.27 bits per heavy atom. The number of nitrogens with one attached hydrogen (secondary N) is 4. The van der Waals surface area contributed by atoms with Gasteiger partial charge in [-0.1, -0.05) is 43.5 Å². The Labute approximate surface area is 263 Å². The number of primary amides is 1. The third-order valence-electron chi connectivity index (χ3n) is 9.41. The molecule has 0 radical (unpaired) electrons. The molecule has 0 spiro atoms. The molecule has 4 aliphatic rings. The van der Waals surface area contributed by atoms with E-state index in [1.807, 2.05) is 51.1 Å². The Balaban J connectivity index is 1.34. The lowest BCUT2D eigenvalue weighted by atomic mass is 9.80. The molecule has 5 rings (SSSR count). The van der Waals surface area contributed by atoms with Crippen molar-refractivity contribution < 1.29 is 29.4 Å². The first-order valence-corrected chi connectivity index (χ1v) is 15.9. The van der Waals surface area contributed by atoms with Crippen LogP contribution < -0.4 is 27.0 Å². The van der Waals surface area contributed by atoms with Crippen molar-refractivity contribution >= 4 is 23.6 Å².